The van der Waals surface area contributed by atoms with Gasteiger partial charge in [0.2, 0.25) is 0 Å². The lowest BCUT2D eigenvalue weighted by molar-refractivity contribution is 0.0922. The zero-order chi connectivity index (χ0) is 19.3. The number of ether oxygens (including phenoxy) is 2. The van der Waals surface area contributed by atoms with E-state index in [0.717, 1.165) is 43.2 Å². The lowest BCUT2D eigenvalue weighted by Gasteiger charge is -2.28. The van der Waals surface area contributed by atoms with Gasteiger partial charge < -0.3 is 24.1 Å². The number of furan rings is 1. The summed E-state index contributed by atoms with van der Waals surface area (Å²) in [6, 6.07) is 5.82. The Morgan fingerprint density at radius 1 is 1.32 bits per heavy atom. The molecule has 2 fully saturated rings. The Morgan fingerprint density at radius 2 is 2.14 bits per heavy atom. The Balaban J connectivity index is 1.42. The van der Waals surface area contributed by atoms with Gasteiger partial charge in [0.25, 0.3) is 5.91 Å². The summed E-state index contributed by atoms with van der Waals surface area (Å²) in [4.78, 5) is 23.5. The predicted molar refractivity (Wildman–Crippen MR) is 105 cm³/mol. The van der Waals surface area contributed by atoms with Crippen molar-refractivity contribution in [3.05, 3.63) is 35.4 Å². The molecule has 4 rings (SSSR count). The quantitative estimate of drug-likeness (QED) is 0.529. The van der Waals surface area contributed by atoms with Crippen LogP contribution < -0.4 is 10.2 Å². The standard InChI is InChI=1S/C19H24N4O4S/c1-25-11-14-10-17(23-6-8-26-9-7-23)22-19(21-14)28-12-15-4-5-16(27-15)18(24)20-13-2-3-13/h4-5,10,13H,2-3,6-9,11-12H2,1H3,(H,20,24). The molecule has 0 bridgehead atoms. The number of carbonyl (C=O) groups excluding carboxylic acids is 1. The van der Waals surface area contributed by atoms with Crippen LogP contribution in [-0.2, 0) is 21.8 Å². The van der Waals surface area contributed by atoms with Crippen LogP contribution in [0.15, 0.2) is 27.8 Å². The largest absolute Gasteiger partial charge is 0.455 e. The summed E-state index contributed by atoms with van der Waals surface area (Å²) >= 11 is 1.48. The van der Waals surface area contributed by atoms with Gasteiger partial charge in [-0.1, -0.05) is 11.8 Å². The molecule has 1 saturated heterocycles. The molecule has 0 atom stereocenters. The normalized spacial score (nSPS) is 17.0. The minimum absolute atomic E-state index is 0.147. The lowest BCUT2D eigenvalue weighted by Crippen LogP contribution is -2.37. The molecule has 0 spiro atoms. The van der Waals surface area contributed by atoms with Crippen LogP contribution in [-0.4, -0.2) is 55.3 Å². The summed E-state index contributed by atoms with van der Waals surface area (Å²) in [6.07, 6.45) is 2.10. The number of carbonyl (C=O) groups is 1. The summed E-state index contributed by atoms with van der Waals surface area (Å²) in [5, 5.41) is 3.59. The molecular formula is C19H24N4O4S. The molecule has 3 heterocycles. The highest BCUT2D eigenvalue weighted by Gasteiger charge is 2.25. The van der Waals surface area contributed by atoms with Crippen LogP contribution in [0.25, 0.3) is 0 Å². The van der Waals surface area contributed by atoms with Crippen LogP contribution in [0, 0.1) is 0 Å². The molecule has 2 aliphatic rings. The minimum atomic E-state index is -0.147. The van der Waals surface area contributed by atoms with E-state index in [9.17, 15) is 4.79 Å². The molecule has 2 aromatic rings. The van der Waals surface area contributed by atoms with Gasteiger partial charge in [0.15, 0.2) is 10.9 Å². The van der Waals surface area contributed by atoms with Gasteiger partial charge in [0.05, 0.1) is 31.3 Å². The molecule has 0 unspecified atom stereocenters. The van der Waals surface area contributed by atoms with E-state index >= 15 is 0 Å². The van der Waals surface area contributed by atoms with Crippen molar-refractivity contribution in [3.8, 4) is 0 Å². The van der Waals surface area contributed by atoms with E-state index in [-0.39, 0.29) is 5.91 Å². The molecule has 1 amide bonds. The van der Waals surface area contributed by atoms with Crippen molar-refractivity contribution in [1.82, 2.24) is 15.3 Å². The number of morpholine rings is 1. The number of amides is 1. The van der Waals surface area contributed by atoms with Crippen LogP contribution in [0.3, 0.4) is 0 Å². The van der Waals surface area contributed by atoms with Crippen molar-refractivity contribution in [2.24, 2.45) is 0 Å². The molecule has 8 nitrogen and oxygen atoms in total. The number of hydrogen-bond acceptors (Lipinski definition) is 8. The Morgan fingerprint density at radius 3 is 2.89 bits per heavy atom. The summed E-state index contributed by atoms with van der Waals surface area (Å²) in [5.41, 5.74) is 0.838. The first-order valence-corrected chi connectivity index (χ1v) is 10.4. The van der Waals surface area contributed by atoms with Crippen LogP contribution >= 0.6 is 11.8 Å². The third kappa shape index (κ3) is 5.03. The SMILES string of the molecule is COCc1cc(N2CCOCC2)nc(SCc2ccc(C(=O)NC3CC3)o2)n1. The average molecular weight is 404 g/mol. The maximum atomic E-state index is 12.1. The first kappa shape index (κ1) is 19.2. The van der Waals surface area contributed by atoms with E-state index in [1.165, 1.54) is 11.8 Å². The van der Waals surface area contributed by atoms with Gasteiger partial charge >= 0.3 is 0 Å². The van der Waals surface area contributed by atoms with Crippen molar-refractivity contribution >= 4 is 23.5 Å². The second-order valence-electron chi connectivity index (χ2n) is 6.83. The summed E-state index contributed by atoms with van der Waals surface area (Å²) in [7, 11) is 1.65. The second kappa shape index (κ2) is 8.93. The molecule has 1 aliphatic carbocycles. The maximum Gasteiger partial charge on any atom is 0.287 e. The number of aromatic nitrogens is 2. The summed E-state index contributed by atoms with van der Waals surface area (Å²) in [5.74, 6) is 2.36. The number of methoxy groups -OCH3 is 1. The number of nitrogens with zero attached hydrogens (tertiary/aromatic N) is 3. The number of thioether (sulfide) groups is 1. The zero-order valence-corrected chi connectivity index (χ0v) is 16.7. The van der Waals surface area contributed by atoms with Crippen LogP contribution in [0.1, 0.15) is 34.9 Å². The second-order valence-corrected chi connectivity index (χ2v) is 7.78. The molecule has 9 heteroatoms. The van der Waals surface area contributed by atoms with Crippen molar-refractivity contribution in [2.75, 3.05) is 38.3 Å². The van der Waals surface area contributed by atoms with E-state index in [1.807, 2.05) is 12.1 Å². The van der Waals surface area contributed by atoms with Gasteiger partial charge in [-0.15, -0.1) is 0 Å². The smallest absolute Gasteiger partial charge is 0.287 e. The van der Waals surface area contributed by atoms with Crippen LogP contribution in [0.2, 0.25) is 0 Å². The number of rotatable bonds is 8. The molecule has 1 saturated carbocycles. The molecule has 2 aromatic heterocycles. The molecule has 0 aromatic carbocycles. The Bertz CT molecular complexity index is 818. The van der Waals surface area contributed by atoms with Crippen LogP contribution in [0.5, 0.6) is 0 Å². The number of hydrogen-bond donors (Lipinski definition) is 1. The third-order valence-electron chi connectivity index (χ3n) is 4.51. The first-order chi connectivity index (χ1) is 13.7. The Labute approximate surface area is 168 Å². The third-order valence-corrected chi connectivity index (χ3v) is 5.38. The van der Waals surface area contributed by atoms with E-state index in [2.05, 4.69) is 20.2 Å². The summed E-state index contributed by atoms with van der Waals surface area (Å²) in [6.45, 7) is 3.45. The lowest BCUT2D eigenvalue weighted by atomic mass is 10.3. The van der Waals surface area contributed by atoms with Crippen molar-refractivity contribution < 1.29 is 18.7 Å². The van der Waals surface area contributed by atoms with Gasteiger partial charge in [-0.05, 0) is 25.0 Å². The Hall–Kier alpha value is -2.10. The highest BCUT2D eigenvalue weighted by Crippen LogP contribution is 2.25. The van der Waals surface area contributed by atoms with Gasteiger partial charge in [0, 0.05) is 32.3 Å². The monoisotopic (exact) mass is 404 g/mol. The number of anilines is 1. The van der Waals surface area contributed by atoms with Gasteiger partial charge in [0.1, 0.15) is 11.6 Å². The van der Waals surface area contributed by atoms with E-state index in [0.29, 0.717) is 42.5 Å². The van der Waals surface area contributed by atoms with Crippen molar-refractivity contribution in [2.45, 2.75) is 36.4 Å². The van der Waals surface area contributed by atoms with E-state index < -0.39 is 0 Å². The van der Waals surface area contributed by atoms with Gasteiger partial charge in [-0.2, -0.15) is 0 Å². The highest BCUT2D eigenvalue weighted by molar-refractivity contribution is 7.98. The number of nitrogens with one attached hydrogen (secondary N) is 1. The summed E-state index contributed by atoms with van der Waals surface area (Å²) < 4.78 is 16.4. The first-order valence-electron chi connectivity index (χ1n) is 9.43. The molecule has 1 aliphatic heterocycles. The topological polar surface area (TPSA) is 89.7 Å². The fraction of sp³-hybridized carbons (Fsp3) is 0.526. The fourth-order valence-electron chi connectivity index (χ4n) is 2.90. The predicted octanol–water partition coefficient (Wildman–Crippen LogP) is 2.24. The molecule has 28 heavy (non-hydrogen) atoms. The zero-order valence-electron chi connectivity index (χ0n) is 15.8. The average Bonchev–Trinajstić information content (AvgIpc) is 3.40. The fourth-order valence-corrected chi connectivity index (χ4v) is 3.66. The Kier molecular flexibility index (Phi) is 6.13. The van der Waals surface area contributed by atoms with Gasteiger partial charge in [-0.25, -0.2) is 9.97 Å². The van der Waals surface area contributed by atoms with Crippen molar-refractivity contribution in [1.29, 1.82) is 0 Å². The van der Waals surface area contributed by atoms with E-state index in [1.54, 1.807) is 13.2 Å². The van der Waals surface area contributed by atoms with Gasteiger partial charge in [-0.3, -0.25) is 4.79 Å². The molecule has 1 N–H and O–H groups in total. The minimum Gasteiger partial charge on any atom is -0.455 e. The maximum absolute atomic E-state index is 12.1. The highest BCUT2D eigenvalue weighted by atomic mass is 32.2. The molecule has 0 radical (unpaired) electrons. The van der Waals surface area contributed by atoms with Crippen molar-refractivity contribution in [3.63, 3.8) is 0 Å². The van der Waals surface area contributed by atoms with Crippen LogP contribution in [0.4, 0.5) is 5.82 Å². The molecular weight excluding hydrogens is 380 g/mol. The molecule has 150 valence electrons. The van der Waals surface area contributed by atoms with E-state index in [4.69, 9.17) is 13.9 Å².